The maximum absolute atomic E-state index is 10.5. The van der Waals surface area contributed by atoms with Crippen LogP contribution < -0.4 is 10.6 Å². The molecule has 0 spiro atoms. The lowest BCUT2D eigenvalue weighted by atomic mass is 10.1. The van der Waals surface area contributed by atoms with E-state index in [2.05, 4.69) is 52.0 Å². The number of aliphatic hydroxyl groups excluding tert-OH is 1. The number of thiophene rings is 1. The van der Waals surface area contributed by atoms with E-state index < -0.39 is 6.10 Å². The van der Waals surface area contributed by atoms with Crippen LogP contribution in [0.4, 0.5) is 0 Å². The van der Waals surface area contributed by atoms with Gasteiger partial charge in [0.25, 0.3) is 0 Å². The smallest absolute Gasteiger partial charge is 0.191 e. The van der Waals surface area contributed by atoms with E-state index in [4.69, 9.17) is 4.74 Å². The Bertz CT molecular complexity index is 879. The fraction of sp³-hybridized carbons (Fsp3) is 0.318. The molecule has 3 aromatic rings. The van der Waals surface area contributed by atoms with E-state index in [1.165, 1.54) is 10.3 Å². The fourth-order valence-corrected chi connectivity index (χ4v) is 3.89. The van der Waals surface area contributed by atoms with Gasteiger partial charge in [0.2, 0.25) is 0 Å². The lowest BCUT2D eigenvalue weighted by molar-refractivity contribution is 0.134. The molecule has 5 nitrogen and oxygen atoms in total. The minimum absolute atomic E-state index is 0. The van der Waals surface area contributed by atoms with Crippen molar-refractivity contribution in [3.63, 3.8) is 0 Å². The summed E-state index contributed by atoms with van der Waals surface area (Å²) in [5.74, 6) is 0.665. The average molecular weight is 525 g/mol. The van der Waals surface area contributed by atoms with Crippen LogP contribution in [0.25, 0.3) is 10.1 Å². The van der Waals surface area contributed by atoms with Crippen molar-refractivity contribution in [2.24, 2.45) is 4.99 Å². The molecule has 0 saturated heterocycles. The highest BCUT2D eigenvalue weighted by Crippen LogP contribution is 2.29. The van der Waals surface area contributed by atoms with Crippen molar-refractivity contribution in [1.29, 1.82) is 0 Å². The predicted molar refractivity (Wildman–Crippen MR) is 132 cm³/mol. The van der Waals surface area contributed by atoms with Gasteiger partial charge in [0.05, 0.1) is 6.61 Å². The monoisotopic (exact) mass is 525 g/mol. The molecule has 7 heteroatoms. The molecule has 1 unspecified atom stereocenters. The third-order valence-electron chi connectivity index (χ3n) is 4.42. The molecule has 2 aromatic carbocycles. The van der Waals surface area contributed by atoms with Crippen molar-refractivity contribution in [2.75, 3.05) is 20.2 Å². The van der Waals surface area contributed by atoms with Gasteiger partial charge in [0.1, 0.15) is 6.10 Å². The van der Waals surface area contributed by atoms with Crippen LogP contribution in [-0.2, 0) is 17.9 Å². The molecule has 29 heavy (non-hydrogen) atoms. The van der Waals surface area contributed by atoms with Crippen molar-refractivity contribution in [1.82, 2.24) is 10.6 Å². The summed E-state index contributed by atoms with van der Waals surface area (Å²) in [5.41, 5.74) is 2.33. The van der Waals surface area contributed by atoms with E-state index >= 15 is 0 Å². The number of benzene rings is 2. The van der Waals surface area contributed by atoms with Gasteiger partial charge < -0.3 is 20.5 Å². The predicted octanol–water partition coefficient (Wildman–Crippen LogP) is 4.45. The van der Waals surface area contributed by atoms with Crippen LogP contribution >= 0.6 is 35.3 Å². The molecule has 3 rings (SSSR count). The number of halogens is 1. The topological polar surface area (TPSA) is 65.9 Å². The number of aliphatic imine (C=N–C) groups is 1. The van der Waals surface area contributed by atoms with Crippen LogP contribution in [0.15, 0.2) is 59.6 Å². The van der Waals surface area contributed by atoms with Crippen LogP contribution in [0.1, 0.15) is 29.0 Å². The maximum atomic E-state index is 10.5. The highest BCUT2D eigenvalue weighted by atomic mass is 127. The summed E-state index contributed by atoms with van der Waals surface area (Å²) in [6.45, 7) is 4.42. The van der Waals surface area contributed by atoms with Crippen molar-refractivity contribution >= 4 is 51.4 Å². The lowest BCUT2D eigenvalue weighted by Crippen LogP contribution is -2.38. The first kappa shape index (κ1) is 23.6. The van der Waals surface area contributed by atoms with Crippen LogP contribution in [0, 0.1) is 0 Å². The first-order chi connectivity index (χ1) is 13.7. The second-order valence-corrected chi connectivity index (χ2v) is 7.58. The molecule has 0 aliphatic rings. The van der Waals surface area contributed by atoms with Gasteiger partial charge in [-0.15, -0.1) is 35.3 Å². The molecule has 0 saturated carbocycles. The SMILES string of the molecule is CCOCc1ccc(CNC(=NC)NCC(O)c2cc3ccccc3s2)cc1.I. The normalized spacial score (nSPS) is 12.4. The van der Waals surface area contributed by atoms with Gasteiger partial charge in [-0.05, 0) is 35.6 Å². The molecule has 3 N–H and O–H groups in total. The summed E-state index contributed by atoms with van der Waals surface area (Å²) >= 11 is 1.62. The molecule has 0 bridgehead atoms. The van der Waals surface area contributed by atoms with Gasteiger partial charge in [-0.2, -0.15) is 0 Å². The summed E-state index contributed by atoms with van der Waals surface area (Å²) < 4.78 is 6.60. The zero-order valence-corrected chi connectivity index (χ0v) is 19.9. The Morgan fingerprint density at radius 1 is 1.10 bits per heavy atom. The Labute approximate surface area is 193 Å². The van der Waals surface area contributed by atoms with E-state index in [1.807, 2.05) is 25.1 Å². The van der Waals surface area contributed by atoms with Crippen molar-refractivity contribution in [3.8, 4) is 0 Å². The Morgan fingerprint density at radius 3 is 2.52 bits per heavy atom. The third-order valence-corrected chi connectivity index (χ3v) is 5.63. The van der Waals surface area contributed by atoms with Crippen LogP contribution in [-0.4, -0.2) is 31.3 Å². The standard InChI is InChI=1S/C22H27N3O2S.HI/c1-3-27-15-17-10-8-16(9-11-17)13-24-22(23-2)25-14-19(26)21-12-18-6-4-5-7-20(18)28-21;/h4-12,19,26H,3,13-15H2,1-2H3,(H2,23,24,25);1H. The average Bonchev–Trinajstić information content (AvgIpc) is 3.17. The van der Waals surface area contributed by atoms with Crippen LogP contribution in [0.3, 0.4) is 0 Å². The van der Waals surface area contributed by atoms with Gasteiger partial charge in [-0.3, -0.25) is 4.99 Å². The van der Waals surface area contributed by atoms with E-state index in [0.717, 1.165) is 22.4 Å². The second-order valence-electron chi connectivity index (χ2n) is 6.46. The van der Waals surface area contributed by atoms with Crippen molar-refractivity contribution in [2.45, 2.75) is 26.2 Å². The lowest BCUT2D eigenvalue weighted by Gasteiger charge is -2.15. The molecule has 1 aromatic heterocycles. The minimum atomic E-state index is -0.575. The number of nitrogens with one attached hydrogen (secondary N) is 2. The highest BCUT2D eigenvalue weighted by Gasteiger charge is 2.12. The van der Waals surface area contributed by atoms with Crippen molar-refractivity contribution in [3.05, 3.63) is 70.6 Å². The number of fused-ring (bicyclic) bond motifs is 1. The maximum Gasteiger partial charge on any atom is 0.191 e. The molecular weight excluding hydrogens is 497 g/mol. The number of guanidine groups is 1. The summed E-state index contributed by atoms with van der Waals surface area (Å²) in [7, 11) is 1.73. The number of hydrogen-bond donors (Lipinski definition) is 3. The van der Waals surface area contributed by atoms with E-state index in [9.17, 15) is 5.11 Å². The molecular formula is C22H28IN3O2S. The van der Waals surface area contributed by atoms with Crippen LogP contribution in [0.5, 0.6) is 0 Å². The Hall–Kier alpha value is -1.68. The molecule has 0 aliphatic heterocycles. The van der Waals surface area contributed by atoms with Crippen LogP contribution in [0.2, 0.25) is 0 Å². The van der Waals surface area contributed by atoms with Gasteiger partial charge in [0.15, 0.2) is 5.96 Å². The quantitative estimate of drug-likeness (QED) is 0.231. The largest absolute Gasteiger partial charge is 0.386 e. The molecule has 1 heterocycles. The van der Waals surface area contributed by atoms with Gasteiger partial charge >= 0.3 is 0 Å². The van der Waals surface area contributed by atoms with E-state index in [1.54, 1.807) is 18.4 Å². The summed E-state index contributed by atoms with van der Waals surface area (Å²) in [6, 6.07) is 18.5. The Kier molecular flexibility index (Phi) is 9.86. The van der Waals surface area contributed by atoms with Gasteiger partial charge in [-0.1, -0.05) is 42.5 Å². The van der Waals surface area contributed by atoms with Crippen molar-refractivity contribution < 1.29 is 9.84 Å². The third kappa shape index (κ3) is 6.95. The first-order valence-corrected chi connectivity index (χ1v) is 10.3. The van der Waals surface area contributed by atoms with Gasteiger partial charge in [-0.25, -0.2) is 0 Å². The highest BCUT2D eigenvalue weighted by molar-refractivity contribution is 14.0. The number of rotatable bonds is 8. The molecule has 0 radical (unpaired) electrons. The molecule has 156 valence electrons. The summed E-state index contributed by atoms with van der Waals surface area (Å²) in [4.78, 5) is 5.19. The molecule has 0 fully saturated rings. The number of aliphatic hydroxyl groups is 1. The number of ether oxygens (including phenoxy) is 1. The second kappa shape index (κ2) is 12.1. The van der Waals surface area contributed by atoms with Gasteiger partial charge in [0, 0.05) is 36.3 Å². The Morgan fingerprint density at radius 2 is 1.83 bits per heavy atom. The zero-order valence-electron chi connectivity index (χ0n) is 16.7. The fourth-order valence-electron chi connectivity index (χ4n) is 2.84. The first-order valence-electron chi connectivity index (χ1n) is 9.46. The Balaban J connectivity index is 0.00000300. The molecule has 1 atom stereocenters. The number of nitrogens with zero attached hydrogens (tertiary/aromatic N) is 1. The van der Waals surface area contributed by atoms with E-state index in [-0.39, 0.29) is 24.0 Å². The molecule has 0 amide bonds. The molecule has 0 aliphatic carbocycles. The summed E-state index contributed by atoms with van der Waals surface area (Å²) in [6.07, 6.45) is -0.575. The van der Waals surface area contributed by atoms with E-state index in [0.29, 0.717) is 25.7 Å². The number of hydrogen-bond acceptors (Lipinski definition) is 4. The summed E-state index contributed by atoms with van der Waals surface area (Å²) in [5, 5.41) is 18.1. The zero-order chi connectivity index (χ0) is 19.8. The minimum Gasteiger partial charge on any atom is -0.386 e.